The molecular weight excluding hydrogens is 270 g/mol. The van der Waals surface area contributed by atoms with Crippen LogP contribution in [0.1, 0.15) is 0 Å². The van der Waals surface area contributed by atoms with Crippen molar-refractivity contribution < 1.29 is 4.74 Å². The molecule has 0 saturated carbocycles. The van der Waals surface area contributed by atoms with Gasteiger partial charge in [-0.1, -0.05) is 42.5 Å². The van der Waals surface area contributed by atoms with E-state index in [1.54, 1.807) is 7.11 Å². The van der Waals surface area contributed by atoms with Gasteiger partial charge in [0.15, 0.2) is 0 Å². The minimum absolute atomic E-state index is 0.879. The molecule has 0 aromatic heterocycles. The van der Waals surface area contributed by atoms with Gasteiger partial charge in [0.2, 0.25) is 0 Å². The second-order valence-electron chi connectivity index (χ2n) is 5.17. The molecule has 0 saturated heterocycles. The number of rotatable bonds is 4. The monoisotopic (exact) mass is 289 g/mol. The van der Waals surface area contributed by atoms with Crippen LogP contribution in [0.4, 0.5) is 11.4 Å². The highest BCUT2D eigenvalue weighted by molar-refractivity contribution is 5.69. The Balaban J connectivity index is 1.83. The highest BCUT2D eigenvalue weighted by atomic mass is 16.5. The first-order valence-corrected chi connectivity index (χ1v) is 7.31. The lowest BCUT2D eigenvalue weighted by Gasteiger charge is -2.19. The summed E-state index contributed by atoms with van der Waals surface area (Å²) in [6.07, 6.45) is 0. The van der Waals surface area contributed by atoms with E-state index in [0.29, 0.717) is 0 Å². The van der Waals surface area contributed by atoms with Crippen molar-refractivity contribution in [1.29, 1.82) is 0 Å². The summed E-state index contributed by atoms with van der Waals surface area (Å²) in [6, 6.07) is 27.1. The Morgan fingerprint density at radius 1 is 0.636 bits per heavy atom. The van der Waals surface area contributed by atoms with Crippen LogP contribution in [0.5, 0.6) is 5.75 Å². The largest absolute Gasteiger partial charge is 0.497 e. The molecule has 0 bridgehead atoms. The SMILES string of the molecule is COc1ccc(-c2ccc(N(C)c3ccccc3)cc2)cc1. The number of anilines is 2. The van der Waals surface area contributed by atoms with Crippen molar-refractivity contribution in [2.24, 2.45) is 0 Å². The van der Waals surface area contributed by atoms with E-state index in [2.05, 4.69) is 72.6 Å². The second kappa shape index (κ2) is 6.35. The minimum atomic E-state index is 0.879. The predicted molar refractivity (Wildman–Crippen MR) is 92.9 cm³/mol. The van der Waals surface area contributed by atoms with Gasteiger partial charge < -0.3 is 9.64 Å². The number of methoxy groups -OCH3 is 1. The fourth-order valence-electron chi connectivity index (χ4n) is 2.46. The molecule has 0 amide bonds. The third-order valence-electron chi connectivity index (χ3n) is 3.82. The van der Waals surface area contributed by atoms with E-state index in [-0.39, 0.29) is 0 Å². The van der Waals surface area contributed by atoms with Crippen molar-refractivity contribution in [3.8, 4) is 16.9 Å². The number of benzene rings is 3. The zero-order valence-corrected chi connectivity index (χ0v) is 12.9. The Bertz CT molecular complexity index is 718. The molecule has 0 N–H and O–H groups in total. The van der Waals surface area contributed by atoms with Gasteiger partial charge in [0.25, 0.3) is 0 Å². The zero-order valence-electron chi connectivity index (χ0n) is 12.9. The Morgan fingerprint density at radius 2 is 1.14 bits per heavy atom. The van der Waals surface area contributed by atoms with Crippen LogP contribution in [-0.2, 0) is 0 Å². The first kappa shape index (κ1) is 14.2. The summed E-state index contributed by atoms with van der Waals surface area (Å²) in [7, 11) is 3.76. The van der Waals surface area contributed by atoms with E-state index in [0.717, 1.165) is 5.75 Å². The van der Waals surface area contributed by atoms with Crippen LogP contribution in [0, 0.1) is 0 Å². The molecule has 22 heavy (non-hydrogen) atoms. The van der Waals surface area contributed by atoms with Crippen LogP contribution in [0.3, 0.4) is 0 Å². The Morgan fingerprint density at radius 3 is 1.68 bits per heavy atom. The summed E-state index contributed by atoms with van der Waals surface area (Å²) in [6.45, 7) is 0. The molecule has 0 radical (unpaired) electrons. The van der Waals surface area contributed by atoms with Crippen LogP contribution in [0.25, 0.3) is 11.1 Å². The van der Waals surface area contributed by atoms with Gasteiger partial charge in [0, 0.05) is 18.4 Å². The lowest BCUT2D eigenvalue weighted by atomic mass is 10.1. The number of hydrogen-bond donors (Lipinski definition) is 0. The summed E-state index contributed by atoms with van der Waals surface area (Å²) in [4.78, 5) is 2.18. The van der Waals surface area contributed by atoms with E-state index < -0.39 is 0 Å². The highest BCUT2D eigenvalue weighted by Gasteiger charge is 2.04. The molecule has 0 unspecified atom stereocenters. The molecule has 0 aliphatic heterocycles. The van der Waals surface area contributed by atoms with E-state index in [1.807, 2.05) is 18.2 Å². The van der Waals surface area contributed by atoms with E-state index in [1.165, 1.54) is 22.5 Å². The standard InChI is InChI=1S/C20H19NO/c1-21(18-6-4-3-5-7-18)19-12-8-16(9-13-19)17-10-14-20(22-2)15-11-17/h3-15H,1-2H3. The maximum atomic E-state index is 5.20. The van der Waals surface area contributed by atoms with E-state index in [9.17, 15) is 0 Å². The average Bonchev–Trinajstić information content (AvgIpc) is 2.62. The van der Waals surface area contributed by atoms with Gasteiger partial charge in [-0.05, 0) is 47.5 Å². The molecule has 3 aromatic carbocycles. The van der Waals surface area contributed by atoms with Gasteiger partial charge in [-0.2, -0.15) is 0 Å². The normalized spacial score (nSPS) is 10.3. The van der Waals surface area contributed by atoms with Crippen molar-refractivity contribution in [3.63, 3.8) is 0 Å². The van der Waals surface area contributed by atoms with Crippen molar-refractivity contribution in [1.82, 2.24) is 0 Å². The number of nitrogens with zero attached hydrogens (tertiary/aromatic N) is 1. The zero-order chi connectivity index (χ0) is 15.4. The Labute approximate surface area is 131 Å². The third kappa shape index (κ3) is 2.96. The summed E-state index contributed by atoms with van der Waals surface area (Å²) in [5.41, 5.74) is 4.74. The lowest BCUT2D eigenvalue weighted by molar-refractivity contribution is 0.415. The quantitative estimate of drug-likeness (QED) is 0.660. The van der Waals surface area contributed by atoms with E-state index >= 15 is 0 Å². The summed E-state index contributed by atoms with van der Waals surface area (Å²) >= 11 is 0. The van der Waals surface area contributed by atoms with Crippen LogP contribution in [0.2, 0.25) is 0 Å². The molecule has 2 nitrogen and oxygen atoms in total. The van der Waals surface area contributed by atoms with Gasteiger partial charge in [0.1, 0.15) is 5.75 Å². The smallest absolute Gasteiger partial charge is 0.118 e. The first-order chi connectivity index (χ1) is 10.8. The van der Waals surface area contributed by atoms with E-state index in [4.69, 9.17) is 4.74 Å². The Hall–Kier alpha value is -2.74. The van der Waals surface area contributed by atoms with Crippen molar-refractivity contribution in [3.05, 3.63) is 78.9 Å². The highest BCUT2D eigenvalue weighted by Crippen LogP contribution is 2.27. The van der Waals surface area contributed by atoms with Crippen LogP contribution in [-0.4, -0.2) is 14.2 Å². The predicted octanol–water partition coefficient (Wildman–Crippen LogP) is 5.13. The van der Waals surface area contributed by atoms with Crippen LogP contribution < -0.4 is 9.64 Å². The van der Waals surface area contributed by atoms with Crippen LogP contribution >= 0.6 is 0 Å². The molecule has 0 fully saturated rings. The maximum Gasteiger partial charge on any atom is 0.118 e. The molecule has 0 aliphatic rings. The minimum Gasteiger partial charge on any atom is -0.497 e. The Kier molecular flexibility index (Phi) is 4.10. The van der Waals surface area contributed by atoms with Crippen molar-refractivity contribution >= 4 is 11.4 Å². The molecule has 110 valence electrons. The number of hydrogen-bond acceptors (Lipinski definition) is 2. The molecule has 3 rings (SSSR count). The fourth-order valence-corrected chi connectivity index (χ4v) is 2.46. The van der Waals surface area contributed by atoms with Gasteiger partial charge >= 0.3 is 0 Å². The van der Waals surface area contributed by atoms with Crippen LogP contribution in [0.15, 0.2) is 78.9 Å². The topological polar surface area (TPSA) is 12.5 Å². The first-order valence-electron chi connectivity index (χ1n) is 7.31. The molecular formula is C20H19NO. The molecule has 0 spiro atoms. The van der Waals surface area contributed by atoms with Gasteiger partial charge in [-0.3, -0.25) is 0 Å². The molecule has 0 aliphatic carbocycles. The molecule has 2 heteroatoms. The summed E-state index contributed by atoms with van der Waals surface area (Å²) in [5.74, 6) is 0.879. The molecule has 0 heterocycles. The van der Waals surface area contributed by atoms with Gasteiger partial charge in [-0.15, -0.1) is 0 Å². The maximum absolute atomic E-state index is 5.20. The summed E-state index contributed by atoms with van der Waals surface area (Å²) in [5, 5.41) is 0. The number of ether oxygens (including phenoxy) is 1. The lowest BCUT2D eigenvalue weighted by Crippen LogP contribution is -2.08. The van der Waals surface area contributed by atoms with Crippen molar-refractivity contribution in [2.45, 2.75) is 0 Å². The third-order valence-corrected chi connectivity index (χ3v) is 3.82. The summed E-state index contributed by atoms with van der Waals surface area (Å²) < 4.78 is 5.20. The number of para-hydroxylation sites is 1. The van der Waals surface area contributed by atoms with Gasteiger partial charge in [-0.25, -0.2) is 0 Å². The molecule has 3 aromatic rings. The average molecular weight is 289 g/mol. The second-order valence-corrected chi connectivity index (χ2v) is 5.17. The van der Waals surface area contributed by atoms with Gasteiger partial charge in [0.05, 0.1) is 7.11 Å². The van der Waals surface area contributed by atoms with Crippen molar-refractivity contribution in [2.75, 3.05) is 19.1 Å². The molecule has 0 atom stereocenters. The fraction of sp³-hybridized carbons (Fsp3) is 0.100.